The van der Waals surface area contributed by atoms with Gasteiger partial charge >= 0.3 is 5.97 Å². The van der Waals surface area contributed by atoms with E-state index in [0.717, 1.165) is 68.1 Å². The van der Waals surface area contributed by atoms with Crippen LogP contribution in [0.1, 0.15) is 127 Å². The fourth-order valence-corrected chi connectivity index (χ4v) is 9.63. The third kappa shape index (κ3) is 9.01. The number of carboxylic acid groups (broad SMARTS) is 1. The Hall–Kier alpha value is -6.04. The highest BCUT2D eigenvalue weighted by atomic mass is 16.4. The van der Waals surface area contributed by atoms with Crippen LogP contribution in [0, 0.1) is 0 Å². The standard InChI is InChI=1S/C24H31N3O3.C23H22N2O4/c1-25-23(30)21-22(29)20(28)15-27(26-21)16-24(12-5-6-13-24)19-11-7-10-18(14-19)17-8-3-2-4-9-17;26-19-14-25(24-20(21(19)27)22(28)29)15-23(11-4-5-12-23)18-10-6-9-17(13-18)16-7-2-1-3-8-16/h7,10-11,14-15,17,28H,2-6,8-9,12-13,16H2,1H3,(H,25,30);1-3,6-10,13-14,26H,4-5,11-12,15H2,(H,28,29). The lowest BCUT2D eigenvalue weighted by atomic mass is 9.76. The van der Waals surface area contributed by atoms with Gasteiger partial charge in [0.2, 0.25) is 5.69 Å². The maximum Gasteiger partial charge on any atom is 0.360 e. The van der Waals surface area contributed by atoms with Crippen LogP contribution in [0.2, 0.25) is 0 Å². The van der Waals surface area contributed by atoms with Crippen LogP contribution in [0.3, 0.4) is 0 Å². The van der Waals surface area contributed by atoms with Crippen molar-refractivity contribution in [3.63, 3.8) is 0 Å². The predicted molar refractivity (Wildman–Crippen MR) is 225 cm³/mol. The van der Waals surface area contributed by atoms with E-state index in [1.54, 1.807) is 4.68 Å². The molecule has 0 saturated heterocycles. The number of aromatic hydroxyl groups is 2. The SMILES string of the molecule is CNC(=O)c1nn(CC2(c3cccc(C4CCCCC4)c3)CCCC2)cc(O)c1=O.O=C(O)c1nn(CC2(c3cccc(-c4ccccc4)c3)CCCC2)cc(O)c1=O. The molecule has 3 saturated carbocycles. The first-order chi connectivity index (χ1) is 28.5. The van der Waals surface area contributed by atoms with E-state index in [0.29, 0.717) is 19.0 Å². The van der Waals surface area contributed by atoms with Crippen LogP contribution in [0.4, 0.5) is 0 Å². The Morgan fingerprint density at radius 3 is 1.73 bits per heavy atom. The van der Waals surface area contributed by atoms with Crippen molar-refractivity contribution in [2.24, 2.45) is 0 Å². The number of aromatic carboxylic acids is 1. The van der Waals surface area contributed by atoms with Crippen molar-refractivity contribution < 1.29 is 24.9 Å². The summed E-state index contributed by atoms with van der Waals surface area (Å²) in [4.78, 5) is 47.4. The first-order valence-corrected chi connectivity index (χ1v) is 20.8. The molecule has 3 fully saturated rings. The van der Waals surface area contributed by atoms with Crippen molar-refractivity contribution >= 4 is 11.9 Å². The van der Waals surface area contributed by atoms with Gasteiger partial charge in [0.25, 0.3) is 16.8 Å². The lowest BCUT2D eigenvalue weighted by Crippen LogP contribution is -2.33. The van der Waals surface area contributed by atoms with Gasteiger partial charge in [-0.15, -0.1) is 0 Å². The zero-order valence-corrected chi connectivity index (χ0v) is 33.6. The van der Waals surface area contributed by atoms with Gasteiger partial charge in [0.1, 0.15) is 0 Å². The van der Waals surface area contributed by atoms with Gasteiger partial charge in [-0.05, 0) is 72.3 Å². The molecule has 59 heavy (non-hydrogen) atoms. The second-order valence-electron chi connectivity index (χ2n) is 16.5. The van der Waals surface area contributed by atoms with Crippen molar-refractivity contribution in [1.82, 2.24) is 24.9 Å². The molecule has 0 aliphatic heterocycles. The molecule has 3 aromatic carbocycles. The number of carbonyl (C=O) groups excluding carboxylic acids is 1. The predicted octanol–water partition coefficient (Wildman–Crippen LogP) is 7.69. The summed E-state index contributed by atoms with van der Waals surface area (Å²) in [5, 5.41) is 40.0. The summed E-state index contributed by atoms with van der Waals surface area (Å²) in [6, 6.07) is 27.6. The Bertz CT molecular complexity index is 2410. The summed E-state index contributed by atoms with van der Waals surface area (Å²) < 4.78 is 2.99. The molecule has 0 atom stereocenters. The number of amides is 1. The minimum atomic E-state index is -1.44. The largest absolute Gasteiger partial charge is 0.503 e. The van der Waals surface area contributed by atoms with Crippen LogP contribution in [0.15, 0.2) is 101 Å². The zero-order valence-electron chi connectivity index (χ0n) is 33.6. The Labute approximate surface area is 343 Å². The number of carboxylic acids is 1. The zero-order chi connectivity index (χ0) is 41.6. The lowest BCUT2D eigenvalue weighted by molar-refractivity contribution is 0.0684. The number of nitrogens with zero attached hydrogens (tertiary/aromatic N) is 4. The van der Waals surface area contributed by atoms with Gasteiger partial charge < -0.3 is 20.6 Å². The van der Waals surface area contributed by atoms with Crippen molar-refractivity contribution in [3.05, 3.63) is 140 Å². The Morgan fingerprint density at radius 2 is 1.17 bits per heavy atom. The van der Waals surface area contributed by atoms with Crippen LogP contribution in [0.25, 0.3) is 11.1 Å². The molecule has 12 nitrogen and oxygen atoms in total. The molecule has 5 aromatic rings. The smallest absolute Gasteiger partial charge is 0.360 e. The fourth-order valence-electron chi connectivity index (χ4n) is 9.63. The van der Waals surface area contributed by atoms with Gasteiger partial charge in [-0.3, -0.25) is 23.7 Å². The molecule has 1 amide bonds. The van der Waals surface area contributed by atoms with Crippen molar-refractivity contribution in [1.29, 1.82) is 0 Å². The number of carbonyl (C=O) groups is 2. The molecule has 4 N–H and O–H groups in total. The molecule has 8 rings (SSSR count). The van der Waals surface area contributed by atoms with Crippen molar-refractivity contribution in [2.75, 3.05) is 7.05 Å². The molecule has 0 radical (unpaired) electrons. The molecular formula is C47H53N5O7. The highest BCUT2D eigenvalue weighted by Gasteiger charge is 2.38. The van der Waals surface area contributed by atoms with E-state index in [-0.39, 0.29) is 16.5 Å². The molecule has 12 heteroatoms. The maximum atomic E-state index is 12.1. The summed E-state index contributed by atoms with van der Waals surface area (Å²) in [5.74, 6) is -2.40. The summed E-state index contributed by atoms with van der Waals surface area (Å²) in [7, 11) is 1.45. The molecule has 3 aliphatic rings. The molecular weight excluding hydrogens is 747 g/mol. The van der Waals surface area contributed by atoms with E-state index in [9.17, 15) is 34.5 Å². The summed E-state index contributed by atoms with van der Waals surface area (Å²) in [6.07, 6.45) is 17.4. The Morgan fingerprint density at radius 1 is 0.661 bits per heavy atom. The molecule has 2 aromatic heterocycles. The second kappa shape index (κ2) is 17.8. The Kier molecular flexibility index (Phi) is 12.4. The normalized spacial score (nSPS) is 17.2. The van der Waals surface area contributed by atoms with E-state index in [4.69, 9.17) is 0 Å². The molecule has 3 aliphatic carbocycles. The van der Waals surface area contributed by atoms with Gasteiger partial charge in [-0.2, -0.15) is 10.2 Å². The summed E-state index contributed by atoms with van der Waals surface area (Å²) in [6.45, 7) is 0.943. The van der Waals surface area contributed by atoms with E-state index in [2.05, 4.69) is 70.1 Å². The van der Waals surface area contributed by atoms with Crippen LogP contribution in [0.5, 0.6) is 11.5 Å². The summed E-state index contributed by atoms with van der Waals surface area (Å²) in [5.41, 5.74) is 3.22. The minimum absolute atomic E-state index is 0.0981. The average Bonchev–Trinajstić information content (AvgIpc) is 3.95. The lowest BCUT2D eigenvalue weighted by Gasteiger charge is -2.32. The average molecular weight is 800 g/mol. The minimum Gasteiger partial charge on any atom is -0.503 e. The highest BCUT2D eigenvalue weighted by molar-refractivity contribution is 5.92. The van der Waals surface area contributed by atoms with Gasteiger partial charge in [0.05, 0.1) is 25.5 Å². The van der Waals surface area contributed by atoms with Gasteiger partial charge in [0, 0.05) is 17.9 Å². The van der Waals surface area contributed by atoms with Gasteiger partial charge in [-0.1, -0.05) is 124 Å². The summed E-state index contributed by atoms with van der Waals surface area (Å²) >= 11 is 0. The molecule has 2 heterocycles. The fraction of sp³-hybridized carbons (Fsp3) is 0.404. The van der Waals surface area contributed by atoms with E-state index >= 15 is 0 Å². The first-order valence-electron chi connectivity index (χ1n) is 20.8. The number of hydrogen-bond acceptors (Lipinski definition) is 8. The van der Waals surface area contributed by atoms with E-state index in [1.807, 2.05) is 24.3 Å². The molecule has 0 spiro atoms. The van der Waals surface area contributed by atoms with Crippen LogP contribution in [-0.4, -0.2) is 53.8 Å². The molecule has 308 valence electrons. The first kappa shape index (κ1) is 41.1. The third-order valence-electron chi connectivity index (χ3n) is 12.7. The van der Waals surface area contributed by atoms with Crippen molar-refractivity contribution in [2.45, 2.75) is 113 Å². The van der Waals surface area contributed by atoms with E-state index in [1.165, 1.54) is 67.4 Å². The van der Waals surface area contributed by atoms with Crippen molar-refractivity contribution in [3.8, 4) is 22.6 Å². The molecule has 0 bridgehead atoms. The van der Waals surface area contributed by atoms with Gasteiger partial charge in [0.15, 0.2) is 17.2 Å². The highest BCUT2D eigenvalue weighted by Crippen LogP contribution is 2.45. The van der Waals surface area contributed by atoms with Crippen LogP contribution < -0.4 is 16.2 Å². The van der Waals surface area contributed by atoms with Crippen LogP contribution >= 0.6 is 0 Å². The quantitative estimate of drug-likeness (QED) is 0.110. The number of nitrogens with one attached hydrogen (secondary N) is 1. The van der Waals surface area contributed by atoms with Crippen LogP contribution in [-0.2, 0) is 23.9 Å². The third-order valence-corrected chi connectivity index (χ3v) is 12.7. The number of benzene rings is 3. The number of aromatic nitrogens is 4. The molecule has 0 unspecified atom stereocenters. The topological polar surface area (TPSA) is 177 Å². The van der Waals surface area contributed by atoms with E-state index < -0.39 is 39.9 Å². The monoisotopic (exact) mass is 799 g/mol. The van der Waals surface area contributed by atoms with Gasteiger partial charge in [-0.25, -0.2) is 4.79 Å². The second-order valence-corrected chi connectivity index (χ2v) is 16.5. The maximum absolute atomic E-state index is 12.1. The number of rotatable bonds is 10. The number of hydrogen-bond donors (Lipinski definition) is 4. The Balaban J connectivity index is 0.000000179.